The summed E-state index contributed by atoms with van der Waals surface area (Å²) < 4.78 is 6.18. The molecule has 0 amide bonds. The van der Waals surface area contributed by atoms with E-state index in [1.54, 1.807) is 0 Å². The van der Waals surface area contributed by atoms with Crippen LogP contribution in [0, 0.1) is 0 Å². The van der Waals surface area contributed by atoms with Crippen LogP contribution in [0.2, 0.25) is 0 Å². The van der Waals surface area contributed by atoms with Gasteiger partial charge in [-0.1, -0.05) is 97.1 Å². The Morgan fingerprint density at radius 2 is 1.37 bits per heavy atom. The number of aromatic nitrogens is 3. The van der Waals surface area contributed by atoms with Gasteiger partial charge in [-0.2, -0.15) is 0 Å². The molecule has 5 heteroatoms. The van der Waals surface area contributed by atoms with Gasteiger partial charge in [0.1, 0.15) is 17.4 Å². The van der Waals surface area contributed by atoms with Gasteiger partial charge in [-0.15, -0.1) is 0 Å². The summed E-state index contributed by atoms with van der Waals surface area (Å²) in [6, 6.07) is 37.5. The van der Waals surface area contributed by atoms with Crippen LogP contribution in [0.1, 0.15) is 23.2 Å². The van der Waals surface area contributed by atoms with Crippen molar-refractivity contribution in [3.05, 3.63) is 133 Å². The van der Waals surface area contributed by atoms with Crippen molar-refractivity contribution in [2.75, 3.05) is 0 Å². The molecule has 1 atom stereocenters. The fraction of sp³-hybridized carbons (Fsp3) is 0.0278. The maximum Gasteiger partial charge on any atom is 0.163 e. The molecule has 9 rings (SSSR count). The Morgan fingerprint density at radius 1 is 0.610 bits per heavy atom. The van der Waals surface area contributed by atoms with Crippen LogP contribution >= 0.6 is 0 Å². The number of nitrogens with zero attached hydrogens (tertiary/aromatic N) is 3. The minimum Gasteiger partial charge on any atom is -0.456 e. The van der Waals surface area contributed by atoms with E-state index in [0.29, 0.717) is 17.5 Å². The van der Waals surface area contributed by atoms with Crippen molar-refractivity contribution in [2.45, 2.75) is 6.04 Å². The molecule has 5 aromatic carbocycles. The summed E-state index contributed by atoms with van der Waals surface area (Å²) >= 11 is 0. The van der Waals surface area contributed by atoms with E-state index in [4.69, 9.17) is 19.4 Å². The number of furan rings is 1. The zero-order valence-corrected chi connectivity index (χ0v) is 21.9. The average molecular weight is 527 g/mol. The molecule has 2 aliphatic rings. The predicted octanol–water partition coefficient (Wildman–Crippen LogP) is 8.42. The Labute approximate surface area is 235 Å². The zero-order valence-electron chi connectivity index (χ0n) is 21.9. The number of nitrogens with one attached hydrogen (secondary N) is 1. The number of rotatable bonds is 3. The van der Waals surface area contributed by atoms with Gasteiger partial charge in [0.2, 0.25) is 0 Å². The van der Waals surface area contributed by atoms with E-state index < -0.39 is 0 Å². The van der Waals surface area contributed by atoms with Crippen LogP contribution in [-0.2, 0) is 0 Å². The van der Waals surface area contributed by atoms with Gasteiger partial charge in [-0.05, 0) is 51.2 Å². The van der Waals surface area contributed by atoms with Crippen molar-refractivity contribution >= 4 is 27.8 Å². The van der Waals surface area contributed by atoms with E-state index in [0.717, 1.165) is 33.4 Å². The van der Waals surface area contributed by atoms with Crippen molar-refractivity contribution in [3.8, 4) is 45.0 Å². The molecular weight excluding hydrogens is 504 g/mol. The molecule has 3 heterocycles. The summed E-state index contributed by atoms with van der Waals surface area (Å²) in [7, 11) is 0. The van der Waals surface area contributed by atoms with E-state index in [9.17, 15) is 0 Å². The molecule has 1 N–H and O–H groups in total. The lowest BCUT2D eigenvalue weighted by molar-refractivity contribution is 0.574. The minimum absolute atomic E-state index is 0.282. The largest absolute Gasteiger partial charge is 0.456 e. The molecule has 0 spiro atoms. The second-order valence-electron chi connectivity index (χ2n) is 10.5. The van der Waals surface area contributed by atoms with E-state index in [-0.39, 0.29) is 6.04 Å². The van der Waals surface area contributed by atoms with Crippen LogP contribution in [0.4, 0.5) is 0 Å². The fourth-order valence-electron chi connectivity index (χ4n) is 6.31. The first-order chi connectivity index (χ1) is 20.3. The highest BCUT2D eigenvalue weighted by Gasteiger charge is 2.29. The van der Waals surface area contributed by atoms with Crippen molar-refractivity contribution < 1.29 is 4.42 Å². The van der Waals surface area contributed by atoms with Gasteiger partial charge in [0, 0.05) is 28.3 Å². The first-order valence-electron chi connectivity index (χ1n) is 13.7. The van der Waals surface area contributed by atoms with Crippen molar-refractivity contribution in [2.24, 2.45) is 0 Å². The second kappa shape index (κ2) is 8.47. The van der Waals surface area contributed by atoms with Gasteiger partial charge in [0.25, 0.3) is 0 Å². The van der Waals surface area contributed by atoms with Crippen LogP contribution in [0.5, 0.6) is 0 Å². The Hall–Kier alpha value is -5.55. The van der Waals surface area contributed by atoms with Gasteiger partial charge in [0.05, 0.1) is 0 Å². The molecular formula is C36H22N4O. The van der Waals surface area contributed by atoms with Crippen LogP contribution in [0.25, 0.3) is 72.8 Å². The zero-order chi connectivity index (χ0) is 26.9. The number of fused-ring (bicyclic) bond motifs is 6. The Kier molecular flexibility index (Phi) is 4.61. The molecule has 1 unspecified atom stereocenters. The van der Waals surface area contributed by atoms with E-state index in [2.05, 4.69) is 66.0 Å². The molecule has 0 fully saturated rings. The third-order valence-corrected chi connectivity index (χ3v) is 8.15. The molecule has 41 heavy (non-hydrogen) atoms. The Bertz CT molecular complexity index is 2190. The molecule has 1 aliphatic carbocycles. The van der Waals surface area contributed by atoms with Crippen LogP contribution in [-0.4, -0.2) is 15.0 Å². The van der Waals surface area contributed by atoms with Crippen molar-refractivity contribution in [3.63, 3.8) is 0 Å². The number of benzene rings is 5. The smallest absolute Gasteiger partial charge is 0.163 e. The lowest BCUT2D eigenvalue weighted by atomic mass is 9.99. The number of para-hydroxylation sites is 1. The summed E-state index contributed by atoms with van der Waals surface area (Å²) in [5.41, 5.74) is 8.76. The monoisotopic (exact) mass is 526 g/mol. The summed E-state index contributed by atoms with van der Waals surface area (Å²) in [6.07, 6.45) is 3.87. The standard InChI is InChI=1S/C36H22N4O/c1-2-8-22(9-3-1)34-38-35(23-16-17-24-25-13-6-10-21-11-7-14-26(31(21)25)28(24)20-23)40-36(39-34)33-32-27-12-4-5-15-29(27)41-30(32)18-19-37-33/h1-20,33,37H. The van der Waals surface area contributed by atoms with Crippen molar-refractivity contribution in [1.82, 2.24) is 20.3 Å². The number of hydrogen-bond acceptors (Lipinski definition) is 5. The summed E-state index contributed by atoms with van der Waals surface area (Å²) in [5, 5.41) is 7.11. The molecule has 0 radical (unpaired) electrons. The van der Waals surface area contributed by atoms with Crippen LogP contribution < -0.4 is 5.32 Å². The maximum absolute atomic E-state index is 6.18. The summed E-state index contributed by atoms with van der Waals surface area (Å²) in [5.74, 6) is 2.76. The minimum atomic E-state index is -0.282. The fourth-order valence-corrected chi connectivity index (χ4v) is 6.31. The maximum atomic E-state index is 6.18. The molecule has 0 bridgehead atoms. The Balaban J connectivity index is 1.25. The van der Waals surface area contributed by atoms with Crippen molar-refractivity contribution in [1.29, 1.82) is 0 Å². The lowest BCUT2D eigenvalue weighted by Crippen LogP contribution is -2.23. The van der Waals surface area contributed by atoms with Gasteiger partial charge in [-0.25, -0.2) is 15.0 Å². The van der Waals surface area contributed by atoms with Gasteiger partial charge in [-0.3, -0.25) is 0 Å². The van der Waals surface area contributed by atoms with Gasteiger partial charge in [0.15, 0.2) is 17.5 Å². The van der Waals surface area contributed by atoms with E-state index >= 15 is 0 Å². The molecule has 1 aliphatic heterocycles. The highest BCUT2D eigenvalue weighted by molar-refractivity contribution is 6.15. The summed E-state index contributed by atoms with van der Waals surface area (Å²) in [4.78, 5) is 15.1. The SMILES string of the molecule is C1=Cc2oc3ccccc3c2C(c2nc(-c3ccccc3)nc(-c3ccc4c(c3)-c3cccc5cccc-4c35)n2)N1. The normalized spacial score (nSPS) is 14.7. The molecule has 2 aromatic heterocycles. The van der Waals surface area contributed by atoms with E-state index in [1.807, 2.05) is 60.8 Å². The first-order valence-corrected chi connectivity index (χ1v) is 13.7. The third-order valence-electron chi connectivity index (χ3n) is 8.15. The molecule has 192 valence electrons. The van der Waals surface area contributed by atoms with Gasteiger partial charge >= 0.3 is 0 Å². The Morgan fingerprint density at radius 3 is 2.22 bits per heavy atom. The topological polar surface area (TPSA) is 63.8 Å². The quantitative estimate of drug-likeness (QED) is 0.250. The van der Waals surface area contributed by atoms with Gasteiger partial charge < -0.3 is 9.73 Å². The first kappa shape index (κ1) is 22.3. The second-order valence-corrected chi connectivity index (χ2v) is 10.5. The highest BCUT2D eigenvalue weighted by Crippen LogP contribution is 2.48. The van der Waals surface area contributed by atoms with E-state index in [1.165, 1.54) is 33.0 Å². The highest BCUT2D eigenvalue weighted by atomic mass is 16.3. The predicted molar refractivity (Wildman–Crippen MR) is 163 cm³/mol. The third kappa shape index (κ3) is 3.33. The lowest BCUT2D eigenvalue weighted by Gasteiger charge is -2.20. The molecule has 7 aromatic rings. The van der Waals surface area contributed by atoms with Crippen LogP contribution in [0.15, 0.2) is 120 Å². The number of hydrogen-bond donors (Lipinski definition) is 1. The molecule has 5 nitrogen and oxygen atoms in total. The average Bonchev–Trinajstić information content (AvgIpc) is 3.58. The molecule has 0 saturated carbocycles. The molecule has 0 saturated heterocycles. The summed E-state index contributed by atoms with van der Waals surface area (Å²) in [6.45, 7) is 0. The van der Waals surface area contributed by atoms with Crippen LogP contribution in [0.3, 0.4) is 0 Å².